The molecule has 5 atom stereocenters. The Morgan fingerprint density at radius 1 is 1.03 bits per heavy atom. The molecule has 0 saturated carbocycles. The van der Waals surface area contributed by atoms with Crippen LogP contribution in [-0.4, -0.2) is 73.4 Å². The Labute approximate surface area is 177 Å². The highest BCUT2D eigenvalue weighted by atomic mass is 16.7. The number of phenolic OH excluding ortho intramolecular Hbond substituents is 1. The van der Waals surface area contributed by atoms with Gasteiger partial charge in [-0.1, -0.05) is 36.4 Å². The Kier molecular flexibility index (Phi) is 5.94. The number of fused-ring (bicyclic) bond motifs is 1. The average molecular weight is 429 g/mol. The van der Waals surface area contributed by atoms with E-state index in [1.807, 2.05) is 30.3 Å². The molecule has 9 heteroatoms. The topological polar surface area (TPSA) is 142 Å². The SMILES string of the molecule is O=C(O[C@H]1C(O)O[C@H](CO)[C@@H](O)[C@@H]1O)c1cn(Cc2ccccc2)c2cccc(O)c12. The molecular formula is C22H23NO8. The van der Waals surface area contributed by atoms with Gasteiger partial charge in [-0.2, -0.15) is 0 Å². The molecule has 1 aliphatic rings. The molecule has 2 aromatic carbocycles. The fraction of sp³-hybridized carbons (Fsp3) is 0.318. The van der Waals surface area contributed by atoms with Gasteiger partial charge in [0.25, 0.3) is 0 Å². The molecule has 2 heterocycles. The maximum absolute atomic E-state index is 12.9. The summed E-state index contributed by atoms with van der Waals surface area (Å²) in [5.41, 5.74) is 1.60. The number of rotatable bonds is 5. The fourth-order valence-electron chi connectivity index (χ4n) is 3.79. The number of hydrogen-bond donors (Lipinski definition) is 5. The van der Waals surface area contributed by atoms with E-state index in [0.29, 0.717) is 12.1 Å². The maximum Gasteiger partial charge on any atom is 0.341 e. The van der Waals surface area contributed by atoms with E-state index in [4.69, 9.17) is 9.47 Å². The summed E-state index contributed by atoms with van der Waals surface area (Å²) < 4.78 is 12.1. The molecule has 1 fully saturated rings. The molecule has 164 valence electrons. The van der Waals surface area contributed by atoms with Crippen molar-refractivity contribution in [1.29, 1.82) is 0 Å². The van der Waals surface area contributed by atoms with E-state index in [-0.39, 0.29) is 16.7 Å². The number of aliphatic hydroxyl groups excluding tert-OH is 4. The average Bonchev–Trinajstić information content (AvgIpc) is 3.14. The number of aliphatic hydroxyl groups is 4. The first kappa shape index (κ1) is 21.3. The van der Waals surface area contributed by atoms with Crippen LogP contribution in [0.5, 0.6) is 5.75 Å². The van der Waals surface area contributed by atoms with Crippen LogP contribution >= 0.6 is 0 Å². The van der Waals surface area contributed by atoms with Crippen molar-refractivity contribution >= 4 is 16.9 Å². The quantitative estimate of drug-likeness (QED) is 0.366. The number of benzene rings is 2. The van der Waals surface area contributed by atoms with Crippen molar-refractivity contribution in [2.24, 2.45) is 0 Å². The van der Waals surface area contributed by atoms with Gasteiger partial charge in [0.05, 0.1) is 23.1 Å². The lowest BCUT2D eigenvalue weighted by Gasteiger charge is -2.39. The molecule has 0 radical (unpaired) electrons. The van der Waals surface area contributed by atoms with E-state index < -0.39 is 43.3 Å². The lowest BCUT2D eigenvalue weighted by Crippen LogP contribution is -2.59. The Morgan fingerprint density at radius 2 is 1.77 bits per heavy atom. The first-order chi connectivity index (χ1) is 14.9. The Morgan fingerprint density at radius 3 is 2.48 bits per heavy atom. The largest absolute Gasteiger partial charge is 0.507 e. The van der Waals surface area contributed by atoms with E-state index >= 15 is 0 Å². The molecule has 4 rings (SSSR count). The number of carbonyl (C=O) groups is 1. The van der Waals surface area contributed by atoms with Crippen LogP contribution in [0.1, 0.15) is 15.9 Å². The molecule has 0 amide bonds. The first-order valence-corrected chi connectivity index (χ1v) is 9.77. The summed E-state index contributed by atoms with van der Waals surface area (Å²) in [6.07, 6.45) is -6.24. The lowest BCUT2D eigenvalue weighted by atomic mass is 9.99. The number of carbonyl (C=O) groups excluding carboxylic acids is 1. The number of ether oxygens (including phenoxy) is 2. The van der Waals surface area contributed by atoms with Crippen LogP contribution in [0.4, 0.5) is 0 Å². The first-order valence-electron chi connectivity index (χ1n) is 9.77. The molecule has 1 unspecified atom stereocenters. The van der Waals surface area contributed by atoms with Crippen molar-refractivity contribution in [2.75, 3.05) is 6.61 Å². The van der Waals surface area contributed by atoms with Crippen molar-refractivity contribution < 1.29 is 39.8 Å². The number of phenols is 1. The zero-order valence-corrected chi connectivity index (χ0v) is 16.4. The summed E-state index contributed by atoms with van der Waals surface area (Å²) in [7, 11) is 0. The molecule has 0 spiro atoms. The minimum atomic E-state index is -1.74. The normalized spacial score (nSPS) is 26.1. The fourth-order valence-corrected chi connectivity index (χ4v) is 3.79. The van der Waals surface area contributed by atoms with Crippen LogP contribution in [0.25, 0.3) is 10.9 Å². The number of aromatic hydroxyl groups is 1. The number of nitrogens with zero attached hydrogens (tertiary/aromatic N) is 1. The van der Waals surface area contributed by atoms with Crippen LogP contribution in [0.15, 0.2) is 54.7 Å². The third-order valence-corrected chi connectivity index (χ3v) is 5.39. The van der Waals surface area contributed by atoms with Crippen molar-refractivity contribution in [3.05, 3.63) is 65.9 Å². The summed E-state index contributed by atoms with van der Waals surface area (Å²) in [5.74, 6) is -1.04. The summed E-state index contributed by atoms with van der Waals surface area (Å²) in [5, 5.41) is 50.2. The minimum absolute atomic E-state index is 0.0298. The second kappa shape index (κ2) is 8.66. The van der Waals surface area contributed by atoms with Crippen LogP contribution in [0, 0.1) is 0 Å². The van der Waals surface area contributed by atoms with Crippen LogP contribution in [0.3, 0.4) is 0 Å². The third-order valence-electron chi connectivity index (χ3n) is 5.39. The number of aromatic nitrogens is 1. The van der Waals surface area contributed by atoms with E-state index in [9.17, 15) is 30.3 Å². The molecule has 1 saturated heterocycles. The summed E-state index contributed by atoms with van der Waals surface area (Å²) in [6.45, 7) is -0.195. The number of esters is 1. The van der Waals surface area contributed by atoms with Gasteiger partial charge in [-0.15, -0.1) is 0 Å². The Balaban J connectivity index is 1.65. The predicted octanol–water partition coefficient (Wildman–Crippen LogP) is 0.352. The van der Waals surface area contributed by atoms with Crippen LogP contribution in [-0.2, 0) is 16.0 Å². The predicted molar refractivity (Wildman–Crippen MR) is 108 cm³/mol. The molecule has 1 aliphatic heterocycles. The zero-order chi connectivity index (χ0) is 22.1. The van der Waals surface area contributed by atoms with Gasteiger partial charge in [0.2, 0.25) is 0 Å². The van der Waals surface area contributed by atoms with Crippen molar-refractivity contribution in [2.45, 2.75) is 37.3 Å². The zero-order valence-electron chi connectivity index (χ0n) is 16.4. The summed E-state index contributed by atoms with van der Waals surface area (Å²) >= 11 is 0. The lowest BCUT2D eigenvalue weighted by molar-refractivity contribution is -0.285. The Bertz CT molecular complexity index is 1070. The van der Waals surface area contributed by atoms with E-state index in [2.05, 4.69) is 0 Å². The summed E-state index contributed by atoms with van der Waals surface area (Å²) in [4.78, 5) is 12.9. The molecule has 0 bridgehead atoms. The van der Waals surface area contributed by atoms with Crippen molar-refractivity contribution in [3.8, 4) is 5.75 Å². The van der Waals surface area contributed by atoms with Crippen LogP contribution in [0.2, 0.25) is 0 Å². The van der Waals surface area contributed by atoms with E-state index in [1.54, 1.807) is 16.7 Å². The highest BCUT2D eigenvalue weighted by molar-refractivity contribution is 6.07. The highest BCUT2D eigenvalue weighted by Crippen LogP contribution is 2.32. The van der Waals surface area contributed by atoms with Gasteiger partial charge in [-0.25, -0.2) is 4.79 Å². The van der Waals surface area contributed by atoms with E-state index in [0.717, 1.165) is 5.56 Å². The second-order valence-corrected chi connectivity index (χ2v) is 7.43. The van der Waals surface area contributed by atoms with Crippen molar-refractivity contribution in [3.63, 3.8) is 0 Å². The van der Waals surface area contributed by atoms with Gasteiger partial charge >= 0.3 is 5.97 Å². The molecule has 1 aromatic heterocycles. The van der Waals surface area contributed by atoms with Gasteiger partial charge < -0.3 is 39.6 Å². The standard InChI is InChI=1S/C22H23NO8/c24-11-16-18(26)19(27)20(22(29)30-16)31-21(28)13-10-23(9-12-5-2-1-3-6-12)14-7-4-8-15(25)17(13)14/h1-8,10,16,18-20,22,24-27,29H,9,11H2/t16-,18-,19+,20-,22?/m1/s1. The second-order valence-electron chi connectivity index (χ2n) is 7.43. The smallest absolute Gasteiger partial charge is 0.341 e. The third kappa shape index (κ3) is 4.01. The molecular weight excluding hydrogens is 406 g/mol. The summed E-state index contributed by atoms with van der Waals surface area (Å²) in [6, 6.07) is 14.4. The molecule has 31 heavy (non-hydrogen) atoms. The van der Waals surface area contributed by atoms with Gasteiger partial charge in [-0.05, 0) is 17.7 Å². The van der Waals surface area contributed by atoms with Gasteiger partial charge in [-0.3, -0.25) is 0 Å². The van der Waals surface area contributed by atoms with Gasteiger partial charge in [0.1, 0.15) is 24.1 Å². The van der Waals surface area contributed by atoms with Crippen LogP contribution < -0.4 is 0 Å². The maximum atomic E-state index is 12.9. The Hall–Kier alpha value is -2.95. The van der Waals surface area contributed by atoms with Gasteiger partial charge in [0.15, 0.2) is 12.4 Å². The van der Waals surface area contributed by atoms with E-state index in [1.165, 1.54) is 12.3 Å². The van der Waals surface area contributed by atoms with Crippen molar-refractivity contribution in [1.82, 2.24) is 4.57 Å². The van der Waals surface area contributed by atoms with Gasteiger partial charge in [0, 0.05) is 12.7 Å². The highest BCUT2D eigenvalue weighted by Gasteiger charge is 2.46. The molecule has 3 aromatic rings. The minimum Gasteiger partial charge on any atom is -0.507 e. The monoisotopic (exact) mass is 429 g/mol. The number of hydrogen-bond acceptors (Lipinski definition) is 8. The molecule has 0 aliphatic carbocycles. The molecule has 9 nitrogen and oxygen atoms in total. The molecule has 5 N–H and O–H groups in total.